The highest BCUT2D eigenvalue weighted by atomic mass is 32.2. The molecule has 1 amide bonds. The lowest BCUT2D eigenvalue weighted by atomic mass is 10.2. The Kier molecular flexibility index (Phi) is 6.58. The van der Waals surface area contributed by atoms with E-state index in [0.29, 0.717) is 17.9 Å². The second-order valence-corrected chi connectivity index (χ2v) is 7.20. The van der Waals surface area contributed by atoms with Crippen LogP contribution in [0.4, 0.5) is 0 Å². The van der Waals surface area contributed by atoms with E-state index in [-0.39, 0.29) is 19.0 Å². The molecular weight excluding hydrogens is 304 g/mol. The van der Waals surface area contributed by atoms with E-state index in [4.69, 9.17) is 4.74 Å². The molecule has 0 saturated heterocycles. The van der Waals surface area contributed by atoms with Crippen molar-refractivity contribution in [2.24, 2.45) is 0 Å². The van der Waals surface area contributed by atoms with Crippen LogP contribution in [0, 0.1) is 0 Å². The standard InChI is InChI=1S/C15H22N2O4S/c1-12(2)11-21-14-7-5-13(6-8-14)15(18)16-9-10-17(3)22(4,19)20/h5-8H,1,9-11H2,2-4H3,(H,16,18). The number of benzene rings is 1. The molecule has 0 unspecified atom stereocenters. The Labute approximate surface area is 131 Å². The third-order valence-corrected chi connectivity index (χ3v) is 4.20. The summed E-state index contributed by atoms with van der Waals surface area (Å²) in [5, 5.41) is 2.67. The maximum atomic E-state index is 11.9. The molecule has 0 spiro atoms. The lowest BCUT2D eigenvalue weighted by molar-refractivity contribution is 0.0952. The van der Waals surface area contributed by atoms with Crippen LogP contribution >= 0.6 is 0 Å². The Morgan fingerprint density at radius 1 is 1.32 bits per heavy atom. The molecule has 0 bridgehead atoms. The molecule has 0 saturated carbocycles. The van der Waals surface area contributed by atoms with Gasteiger partial charge in [0.05, 0.1) is 6.26 Å². The maximum absolute atomic E-state index is 11.9. The largest absolute Gasteiger partial charge is 0.489 e. The molecule has 22 heavy (non-hydrogen) atoms. The molecule has 1 N–H and O–H groups in total. The summed E-state index contributed by atoms with van der Waals surface area (Å²) in [6, 6.07) is 6.73. The molecule has 1 rings (SSSR count). The molecule has 0 fully saturated rings. The van der Waals surface area contributed by atoms with Gasteiger partial charge < -0.3 is 10.1 Å². The average Bonchev–Trinajstić information content (AvgIpc) is 2.44. The summed E-state index contributed by atoms with van der Waals surface area (Å²) in [6.45, 7) is 6.52. The minimum Gasteiger partial charge on any atom is -0.489 e. The monoisotopic (exact) mass is 326 g/mol. The van der Waals surface area contributed by atoms with Crippen molar-refractivity contribution in [3.05, 3.63) is 42.0 Å². The molecular formula is C15H22N2O4S. The summed E-state index contributed by atoms with van der Waals surface area (Å²) in [4.78, 5) is 11.9. The van der Waals surface area contributed by atoms with Gasteiger partial charge in [0, 0.05) is 25.7 Å². The molecule has 0 radical (unpaired) electrons. The summed E-state index contributed by atoms with van der Waals surface area (Å²) in [7, 11) is -1.76. The summed E-state index contributed by atoms with van der Waals surface area (Å²) in [5.41, 5.74) is 1.40. The van der Waals surface area contributed by atoms with E-state index in [1.165, 1.54) is 11.4 Å². The number of likely N-dealkylation sites (N-methyl/N-ethyl adjacent to an activating group) is 1. The predicted octanol–water partition coefficient (Wildman–Crippen LogP) is 1.26. The van der Waals surface area contributed by atoms with Gasteiger partial charge in [0.25, 0.3) is 5.91 Å². The summed E-state index contributed by atoms with van der Waals surface area (Å²) >= 11 is 0. The number of nitrogens with one attached hydrogen (secondary N) is 1. The van der Waals surface area contributed by atoms with Gasteiger partial charge in [0.15, 0.2) is 0 Å². The van der Waals surface area contributed by atoms with Gasteiger partial charge in [-0.25, -0.2) is 12.7 Å². The highest BCUT2D eigenvalue weighted by molar-refractivity contribution is 7.88. The SMILES string of the molecule is C=C(C)COc1ccc(C(=O)NCCN(C)S(C)(=O)=O)cc1. The van der Waals surface area contributed by atoms with Crippen LogP contribution in [0.1, 0.15) is 17.3 Å². The summed E-state index contributed by atoms with van der Waals surface area (Å²) in [6.07, 6.45) is 1.12. The highest BCUT2D eigenvalue weighted by Gasteiger charge is 2.11. The van der Waals surface area contributed by atoms with Crippen LogP contribution in [-0.4, -0.2) is 51.6 Å². The van der Waals surface area contributed by atoms with Gasteiger partial charge in [-0.3, -0.25) is 4.79 Å². The number of carbonyl (C=O) groups excluding carboxylic acids is 1. The van der Waals surface area contributed by atoms with Crippen molar-refractivity contribution in [1.82, 2.24) is 9.62 Å². The first kappa shape index (κ1) is 18.2. The molecule has 1 aromatic rings. The fourth-order valence-electron chi connectivity index (χ4n) is 1.50. The number of hydrogen-bond donors (Lipinski definition) is 1. The van der Waals surface area contributed by atoms with Crippen LogP contribution < -0.4 is 10.1 Å². The lowest BCUT2D eigenvalue weighted by Crippen LogP contribution is -2.35. The Balaban J connectivity index is 2.47. The number of sulfonamides is 1. The zero-order valence-corrected chi connectivity index (χ0v) is 13.9. The third-order valence-electron chi connectivity index (χ3n) is 2.88. The lowest BCUT2D eigenvalue weighted by Gasteiger charge is -2.14. The second-order valence-electron chi connectivity index (χ2n) is 5.11. The molecule has 0 aliphatic heterocycles. The molecule has 0 aromatic heterocycles. The van der Waals surface area contributed by atoms with E-state index in [1.54, 1.807) is 24.3 Å². The van der Waals surface area contributed by atoms with Gasteiger partial charge in [-0.15, -0.1) is 0 Å². The minimum atomic E-state index is -3.23. The number of hydrogen-bond acceptors (Lipinski definition) is 4. The Morgan fingerprint density at radius 3 is 2.41 bits per heavy atom. The Hall–Kier alpha value is -1.86. The van der Waals surface area contributed by atoms with E-state index in [1.807, 2.05) is 6.92 Å². The number of carbonyl (C=O) groups is 1. The normalized spacial score (nSPS) is 11.3. The fraction of sp³-hybridized carbons (Fsp3) is 0.400. The number of nitrogens with zero attached hydrogens (tertiary/aromatic N) is 1. The van der Waals surface area contributed by atoms with Gasteiger partial charge in [0.2, 0.25) is 10.0 Å². The van der Waals surface area contributed by atoms with Crippen molar-refractivity contribution in [2.45, 2.75) is 6.92 Å². The zero-order valence-electron chi connectivity index (χ0n) is 13.1. The molecule has 0 atom stereocenters. The van der Waals surface area contributed by atoms with Gasteiger partial charge in [0.1, 0.15) is 12.4 Å². The van der Waals surface area contributed by atoms with Crippen molar-refractivity contribution in [3.8, 4) is 5.75 Å². The van der Waals surface area contributed by atoms with Crippen molar-refractivity contribution in [3.63, 3.8) is 0 Å². The fourth-order valence-corrected chi connectivity index (χ4v) is 1.93. The first-order chi connectivity index (χ1) is 10.2. The minimum absolute atomic E-state index is 0.227. The zero-order chi connectivity index (χ0) is 16.8. The van der Waals surface area contributed by atoms with E-state index in [0.717, 1.165) is 11.8 Å². The summed E-state index contributed by atoms with van der Waals surface area (Å²) < 4.78 is 29.1. The van der Waals surface area contributed by atoms with Crippen molar-refractivity contribution in [1.29, 1.82) is 0 Å². The smallest absolute Gasteiger partial charge is 0.251 e. The molecule has 1 aromatic carbocycles. The van der Waals surface area contributed by atoms with E-state index < -0.39 is 10.0 Å². The van der Waals surface area contributed by atoms with E-state index >= 15 is 0 Å². The van der Waals surface area contributed by atoms with Crippen LogP contribution in [0.2, 0.25) is 0 Å². The quantitative estimate of drug-likeness (QED) is 0.730. The number of ether oxygens (including phenoxy) is 1. The summed E-state index contributed by atoms with van der Waals surface area (Å²) in [5.74, 6) is 0.407. The van der Waals surface area contributed by atoms with Gasteiger partial charge in [-0.1, -0.05) is 6.58 Å². The maximum Gasteiger partial charge on any atom is 0.251 e. The van der Waals surface area contributed by atoms with Crippen molar-refractivity contribution in [2.75, 3.05) is 33.0 Å². The van der Waals surface area contributed by atoms with Gasteiger partial charge >= 0.3 is 0 Å². The van der Waals surface area contributed by atoms with E-state index in [2.05, 4.69) is 11.9 Å². The Morgan fingerprint density at radius 2 is 1.91 bits per heavy atom. The number of amides is 1. The molecule has 0 heterocycles. The van der Waals surface area contributed by atoms with Crippen molar-refractivity contribution >= 4 is 15.9 Å². The predicted molar refractivity (Wildman–Crippen MR) is 86.6 cm³/mol. The van der Waals surface area contributed by atoms with Crippen LogP contribution in [0.5, 0.6) is 5.75 Å². The molecule has 122 valence electrons. The topological polar surface area (TPSA) is 75.7 Å². The first-order valence-electron chi connectivity index (χ1n) is 6.77. The van der Waals surface area contributed by atoms with Crippen LogP contribution in [0.3, 0.4) is 0 Å². The molecule has 0 aliphatic rings. The third kappa shape index (κ3) is 6.28. The number of rotatable bonds is 8. The highest BCUT2D eigenvalue weighted by Crippen LogP contribution is 2.12. The second kappa shape index (κ2) is 7.95. The van der Waals surface area contributed by atoms with Gasteiger partial charge in [-0.2, -0.15) is 0 Å². The van der Waals surface area contributed by atoms with Crippen LogP contribution in [0.15, 0.2) is 36.4 Å². The van der Waals surface area contributed by atoms with E-state index in [9.17, 15) is 13.2 Å². The molecule has 0 aliphatic carbocycles. The molecule has 6 nitrogen and oxygen atoms in total. The van der Waals surface area contributed by atoms with Crippen LogP contribution in [-0.2, 0) is 10.0 Å². The first-order valence-corrected chi connectivity index (χ1v) is 8.61. The molecule has 7 heteroatoms. The Bertz CT molecular complexity index is 623. The van der Waals surface area contributed by atoms with Gasteiger partial charge in [-0.05, 0) is 36.8 Å². The van der Waals surface area contributed by atoms with Crippen LogP contribution in [0.25, 0.3) is 0 Å². The average molecular weight is 326 g/mol. The van der Waals surface area contributed by atoms with Crippen molar-refractivity contribution < 1.29 is 17.9 Å².